The number of aryl methyl sites for hydroxylation is 1. The Bertz CT molecular complexity index is 704. The minimum Gasteiger partial charge on any atom is -0.481 e. The molecule has 2 amide bonds. The Labute approximate surface area is 139 Å². The molecule has 0 bridgehead atoms. The molecule has 0 saturated carbocycles. The van der Waals surface area contributed by atoms with Crippen molar-refractivity contribution in [1.82, 2.24) is 10.9 Å². The molecule has 1 atom stereocenters. The van der Waals surface area contributed by atoms with Gasteiger partial charge in [-0.2, -0.15) is 0 Å². The zero-order chi connectivity index (χ0) is 16.8. The lowest BCUT2D eigenvalue weighted by Gasteiger charge is -2.15. The van der Waals surface area contributed by atoms with Crippen molar-refractivity contribution < 1.29 is 14.3 Å². The van der Waals surface area contributed by atoms with E-state index in [0.717, 1.165) is 5.56 Å². The highest BCUT2D eigenvalue weighted by atomic mass is 35.5. The van der Waals surface area contributed by atoms with E-state index in [1.54, 1.807) is 55.5 Å². The Morgan fingerprint density at radius 3 is 2.43 bits per heavy atom. The van der Waals surface area contributed by atoms with Crippen molar-refractivity contribution >= 4 is 23.4 Å². The van der Waals surface area contributed by atoms with Gasteiger partial charge in [-0.25, -0.2) is 0 Å². The van der Waals surface area contributed by atoms with Gasteiger partial charge in [0.15, 0.2) is 6.10 Å². The van der Waals surface area contributed by atoms with Crippen molar-refractivity contribution in [2.45, 2.75) is 20.0 Å². The van der Waals surface area contributed by atoms with E-state index in [0.29, 0.717) is 16.3 Å². The van der Waals surface area contributed by atoms with Crippen molar-refractivity contribution in [3.05, 3.63) is 64.7 Å². The van der Waals surface area contributed by atoms with E-state index in [2.05, 4.69) is 10.9 Å². The number of hydrogen-bond donors (Lipinski definition) is 2. The summed E-state index contributed by atoms with van der Waals surface area (Å²) in [4.78, 5) is 23.8. The number of nitrogens with one attached hydrogen (secondary N) is 2. The number of ether oxygens (including phenoxy) is 1. The Balaban J connectivity index is 1.87. The summed E-state index contributed by atoms with van der Waals surface area (Å²) in [5.41, 5.74) is 5.99. The van der Waals surface area contributed by atoms with Gasteiger partial charge in [-0.3, -0.25) is 20.4 Å². The average Bonchev–Trinajstić information content (AvgIpc) is 2.56. The highest BCUT2D eigenvalue weighted by Gasteiger charge is 2.16. The van der Waals surface area contributed by atoms with Crippen molar-refractivity contribution in [1.29, 1.82) is 0 Å². The molecule has 2 rings (SSSR count). The summed E-state index contributed by atoms with van der Waals surface area (Å²) in [5.74, 6) is -0.320. The van der Waals surface area contributed by atoms with Crippen LogP contribution in [0.25, 0.3) is 0 Å². The van der Waals surface area contributed by atoms with Crippen LogP contribution < -0.4 is 15.6 Å². The van der Waals surface area contributed by atoms with Crippen LogP contribution in [0, 0.1) is 6.92 Å². The fourth-order valence-electron chi connectivity index (χ4n) is 1.83. The van der Waals surface area contributed by atoms with Crippen LogP contribution in [0.4, 0.5) is 0 Å². The van der Waals surface area contributed by atoms with Gasteiger partial charge >= 0.3 is 0 Å². The molecule has 0 aliphatic rings. The van der Waals surface area contributed by atoms with E-state index >= 15 is 0 Å². The van der Waals surface area contributed by atoms with E-state index in [1.165, 1.54) is 0 Å². The molecule has 0 saturated heterocycles. The van der Waals surface area contributed by atoms with Gasteiger partial charge in [0, 0.05) is 10.6 Å². The minimum absolute atomic E-state index is 0.395. The summed E-state index contributed by atoms with van der Waals surface area (Å²) in [6, 6.07) is 13.7. The standard InChI is InChI=1S/C17H17ClN2O3/c1-11-10-14(8-9-15(11)18)23-12(2)16(21)19-20-17(22)13-6-4-3-5-7-13/h3-10,12H,1-2H3,(H,19,21)(H,20,22). The van der Waals surface area contributed by atoms with Crippen LogP contribution in [0.15, 0.2) is 48.5 Å². The van der Waals surface area contributed by atoms with Crippen LogP contribution in [0.5, 0.6) is 5.75 Å². The number of rotatable bonds is 4. The molecule has 2 aromatic carbocycles. The second-order valence-corrected chi connectivity index (χ2v) is 5.39. The topological polar surface area (TPSA) is 67.4 Å². The van der Waals surface area contributed by atoms with Crippen molar-refractivity contribution in [3.8, 4) is 5.75 Å². The highest BCUT2D eigenvalue weighted by molar-refractivity contribution is 6.31. The van der Waals surface area contributed by atoms with Gasteiger partial charge in [0.1, 0.15) is 5.75 Å². The SMILES string of the molecule is Cc1cc(OC(C)C(=O)NNC(=O)c2ccccc2)ccc1Cl. The van der Waals surface area contributed by atoms with Crippen LogP contribution in [0.3, 0.4) is 0 Å². The normalized spacial score (nSPS) is 11.4. The molecule has 2 aromatic rings. The van der Waals surface area contributed by atoms with Crippen molar-refractivity contribution in [2.75, 3.05) is 0 Å². The molecule has 0 aliphatic carbocycles. The van der Waals surface area contributed by atoms with Gasteiger partial charge in [0.05, 0.1) is 0 Å². The second kappa shape index (κ2) is 7.65. The van der Waals surface area contributed by atoms with Crippen LogP contribution in [0.2, 0.25) is 5.02 Å². The van der Waals surface area contributed by atoms with Gasteiger partial charge in [-0.15, -0.1) is 0 Å². The number of amides is 2. The summed E-state index contributed by atoms with van der Waals surface area (Å²) in [5, 5.41) is 0.629. The maximum atomic E-state index is 12.0. The molecule has 0 spiro atoms. The summed E-state index contributed by atoms with van der Waals surface area (Å²) in [7, 11) is 0. The third kappa shape index (κ3) is 4.72. The van der Waals surface area contributed by atoms with E-state index in [9.17, 15) is 9.59 Å². The molecule has 23 heavy (non-hydrogen) atoms. The summed E-state index contributed by atoms with van der Waals surface area (Å²) in [6.45, 7) is 3.44. The fourth-order valence-corrected chi connectivity index (χ4v) is 1.95. The molecule has 6 heteroatoms. The van der Waals surface area contributed by atoms with E-state index < -0.39 is 17.9 Å². The highest BCUT2D eigenvalue weighted by Crippen LogP contribution is 2.21. The minimum atomic E-state index is -0.772. The third-order valence-electron chi connectivity index (χ3n) is 3.15. The maximum Gasteiger partial charge on any atom is 0.279 e. The summed E-state index contributed by atoms with van der Waals surface area (Å²) < 4.78 is 5.53. The lowest BCUT2D eigenvalue weighted by atomic mass is 10.2. The molecular formula is C17H17ClN2O3. The number of halogens is 1. The Kier molecular flexibility index (Phi) is 5.60. The molecular weight excluding hydrogens is 316 g/mol. The smallest absolute Gasteiger partial charge is 0.279 e. The molecule has 2 N–H and O–H groups in total. The van der Waals surface area contributed by atoms with Gasteiger partial charge in [0.2, 0.25) is 0 Å². The van der Waals surface area contributed by atoms with Crippen LogP contribution in [-0.2, 0) is 4.79 Å². The number of carbonyl (C=O) groups excluding carboxylic acids is 2. The van der Waals surface area contributed by atoms with Gasteiger partial charge in [0.25, 0.3) is 11.8 Å². The van der Waals surface area contributed by atoms with Crippen molar-refractivity contribution in [3.63, 3.8) is 0 Å². The Morgan fingerprint density at radius 1 is 1.09 bits per heavy atom. The van der Waals surface area contributed by atoms with Crippen LogP contribution in [-0.4, -0.2) is 17.9 Å². The number of benzene rings is 2. The first kappa shape index (κ1) is 16.8. The zero-order valence-electron chi connectivity index (χ0n) is 12.8. The van der Waals surface area contributed by atoms with E-state index in [1.807, 2.05) is 6.92 Å². The van der Waals surface area contributed by atoms with Crippen molar-refractivity contribution in [2.24, 2.45) is 0 Å². The Morgan fingerprint density at radius 2 is 1.78 bits per heavy atom. The monoisotopic (exact) mass is 332 g/mol. The molecule has 0 aromatic heterocycles. The number of carbonyl (C=O) groups is 2. The van der Waals surface area contributed by atoms with Crippen LogP contribution in [0.1, 0.15) is 22.8 Å². The van der Waals surface area contributed by atoms with E-state index in [4.69, 9.17) is 16.3 Å². The average molecular weight is 333 g/mol. The molecule has 1 unspecified atom stereocenters. The number of hydrazine groups is 1. The molecule has 0 fully saturated rings. The largest absolute Gasteiger partial charge is 0.481 e. The molecule has 5 nitrogen and oxygen atoms in total. The molecule has 0 aliphatic heterocycles. The first-order valence-electron chi connectivity index (χ1n) is 7.05. The van der Waals surface area contributed by atoms with Crippen LogP contribution >= 0.6 is 11.6 Å². The quantitative estimate of drug-likeness (QED) is 0.846. The van der Waals surface area contributed by atoms with E-state index in [-0.39, 0.29) is 0 Å². The third-order valence-corrected chi connectivity index (χ3v) is 3.57. The number of hydrogen-bond acceptors (Lipinski definition) is 3. The maximum absolute atomic E-state index is 12.0. The molecule has 0 heterocycles. The first-order valence-corrected chi connectivity index (χ1v) is 7.43. The molecule has 120 valence electrons. The predicted molar refractivity (Wildman–Crippen MR) is 88.3 cm³/mol. The van der Waals surface area contributed by atoms with Gasteiger partial charge in [-0.1, -0.05) is 29.8 Å². The summed E-state index contributed by atoms with van der Waals surface area (Å²) in [6.07, 6.45) is -0.772. The lowest BCUT2D eigenvalue weighted by Crippen LogP contribution is -2.47. The van der Waals surface area contributed by atoms with Gasteiger partial charge < -0.3 is 4.74 Å². The van der Waals surface area contributed by atoms with Gasteiger partial charge in [-0.05, 0) is 49.7 Å². The zero-order valence-corrected chi connectivity index (χ0v) is 13.6. The first-order chi connectivity index (χ1) is 11.0. The predicted octanol–water partition coefficient (Wildman–Crippen LogP) is 2.88. The fraction of sp³-hybridized carbons (Fsp3) is 0.176. The Hall–Kier alpha value is -2.53. The summed E-state index contributed by atoms with van der Waals surface area (Å²) >= 11 is 5.94. The second-order valence-electron chi connectivity index (χ2n) is 4.98. The molecule has 0 radical (unpaired) electrons. The lowest BCUT2D eigenvalue weighted by molar-refractivity contribution is -0.128.